The van der Waals surface area contributed by atoms with E-state index in [0.717, 1.165) is 27.8 Å². The molecule has 67 heavy (non-hydrogen) atoms. The number of esters is 1. The maximum absolute atomic E-state index is 14.0. The lowest BCUT2D eigenvalue weighted by Gasteiger charge is -2.26. The number of nitrogens with one attached hydrogen (secondary N) is 5. The van der Waals surface area contributed by atoms with Gasteiger partial charge < -0.3 is 61.5 Å². The summed E-state index contributed by atoms with van der Waals surface area (Å²) in [6, 6.07) is 21.0. The quantitative estimate of drug-likeness (QED) is 0.0382. The SMILES string of the molecule is CC(C)[C@H](NC(=O)[C@H](CCC(=O)NC[C@@H]1O[C@H](CC(N)=O)[C@@H](O)[C@H]1O)NC(=O)OCC1c2ccccc2-c2ccccc21)C(=O)N[C@@H](C)C(=O)NCOCC(C)(C)C(=O)OCc1ccccc1. The van der Waals surface area contributed by atoms with Gasteiger partial charge >= 0.3 is 12.1 Å². The minimum Gasteiger partial charge on any atom is -0.460 e. The minimum atomic E-state index is -1.42. The number of carbonyl (C=O) groups excluding carboxylic acids is 7. The summed E-state index contributed by atoms with van der Waals surface area (Å²) in [6.45, 7) is 7.50. The second-order valence-electron chi connectivity index (χ2n) is 17.7. The number of rotatable bonds is 23. The number of aliphatic hydroxyl groups is 2. The molecule has 19 heteroatoms. The Labute approximate surface area is 389 Å². The van der Waals surface area contributed by atoms with Crippen LogP contribution < -0.4 is 32.3 Å². The Bertz CT molecular complexity index is 2180. The molecule has 0 bridgehead atoms. The first kappa shape index (κ1) is 51.6. The van der Waals surface area contributed by atoms with Gasteiger partial charge in [0.25, 0.3) is 0 Å². The summed E-state index contributed by atoms with van der Waals surface area (Å²) >= 11 is 0. The average molecular weight is 931 g/mol. The average Bonchev–Trinajstić information content (AvgIpc) is 3.76. The van der Waals surface area contributed by atoms with Crippen LogP contribution in [0.25, 0.3) is 11.1 Å². The summed E-state index contributed by atoms with van der Waals surface area (Å²) in [5.74, 6) is -4.79. The lowest BCUT2D eigenvalue weighted by molar-refractivity contribution is -0.159. The van der Waals surface area contributed by atoms with Crippen molar-refractivity contribution >= 4 is 41.6 Å². The van der Waals surface area contributed by atoms with Gasteiger partial charge in [0.1, 0.15) is 56.4 Å². The first-order chi connectivity index (χ1) is 31.9. The third-order valence-corrected chi connectivity index (χ3v) is 11.6. The highest BCUT2D eigenvalue weighted by Gasteiger charge is 2.43. The Morgan fingerprint density at radius 1 is 0.746 bits per heavy atom. The van der Waals surface area contributed by atoms with Gasteiger partial charge in [0.15, 0.2) is 0 Å². The zero-order chi connectivity index (χ0) is 48.8. The third-order valence-electron chi connectivity index (χ3n) is 11.6. The normalized spacial score (nSPS) is 18.9. The molecule has 1 aliphatic heterocycles. The molecular formula is C48H62N6O13. The number of nitrogens with two attached hydrogens (primary N) is 1. The van der Waals surface area contributed by atoms with Crippen molar-refractivity contribution < 1.29 is 62.7 Å². The molecule has 0 radical (unpaired) electrons. The molecule has 1 saturated heterocycles. The Kier molecular flexibility index (Phi) is 18.4. The predicted octanol–water partition coefficient (Wildman–Crippen LogP) is 1.66. The zero-order valence-corrected chi connectivity index (χ0v) is 38.3. The molecule has 7 atom stereocenters. The van der Waals surface area contributed by atoms with E-state index < -0.39 is 95.5 Å². The van der Waals surface area contributed by atoms with Gasteiger partial charge in [-0.05, 0) is 60.9 Å². The second kappa shape index (κ2) is 23.9. The number of fused-ring (bicyclic) bond motifs is 3. The van der Waals surface area contributed by atoms with Gasteiger partial charge in [0.05, 0.1) is 24.5 Å². The summed E-state index contributed by atoms with van der Waals surface area (Å²) in [6.07, 6.45) is -6.84. The molecule has 1 fully saturated rings. The van der Waals surface area contributed by atoms with Gasteiger partial charge in [-0.1, -0.05) is 92.7 Å². The summed E-state index contributed by atoms with van der Waals surface area (Å²) in [5, 5.41) is 33.6. The van der Waals surface area contributed by atoms with Crippen LogP contribution in [0.1, 0.15) is 76.5 Å². The predicted molar refractivity (Wildman–Crippen MR) is 242 cm³/mol. The molecule has 5 rings (SSSR count). The van der Waals surface area contributed by atoms with E-state index in [9.17, 15) is 43.8 Å². The summed E-state index contributed by atoms with van der Waals surface area (Å²) in [7, 11) is 0. The van der Waals surface area contributed by atoms with Gasteiger partial charge in [-0.3, -0.25) is 28.8 Å². The number of alkyl carbamates (subject to hydrolysis) is 1. The van der Waals surface area contributed by atoms with Gasteiger partial charge in [0, 0.05) is 18.9 Å². The number of primary amides is 1. The van der Waals surface area contributed by atoms with E-state index in [4.69, 9.17) is 24.7 Å². The summed E-state index contributed by atoms with van der Waals surface area (Å²) < 4.78 is 22.2. The standard InChI is InChI=1S/C48H62N6O13/c1-27(2)40(45(61)52-28(3)43(59)51-26-64-25-48(4,5)46(62)65-23-29-13-7-6-8-14-29)54-44(60)35(19-20-39(56)50-22-37-42(58)41(57)36(67-37)21-38(49)55)53-47(63)66-24-34-32-17-11-9-15-30(32)31-16-10-12-18-33(31)34/h6-18,27-28,34-37,40-42,57-58H,19-26H2,1-5H3,(H2,49,55)(H,50,56)(H,51,59)(H,52,61)(H,53,63)(H,54,60)/t28-,35-,36+,37-,40-,41+,42-/m0/s1. The van der Waals surface area contributed by atoms with Crippen LogP contribution in [0.3, 0.4) is 0 Å². The highest BCUT2D eigenvalue weighted by atomic mass is 16.6. The van der Waals surface area contributed by atoms with Crippen molar-refractivity contribution in [3.63, 3.8) is 0 Å². The van der Waals surface area contributed by atoms with Crippen LogP contribution in [0.2, 0.25) is 0 Å². The fraction of sp³-hybridized carbons (Fsp3) is 0.479. The number of amides is 6. The maximum atomic E-state index is 14.0. The number of aliphatic hydroxyl groups excluding tert-OH is 2. The lowest BCUT2D eigenvalue weighted by atomic mass is 9.95. The zero-order valence-electron chi connectivity index (χ0n) is 38.3. The number of carbonyl (C=O) groups is 7. The molecule has 6 amide bonds. The highest BCUT2D eigenvalue weighted by molar-refractivity contribution is 5.94. The molecule has 1 heterocycles. The van der Waals surface area contributed by atoms with E-state index >= 15 is 0 Å². The van der Waals surface area contributed by atoms with Crippen molar-refractivity contribution in [3.05, 3.63) is 95.6 Å². The van der Waals surface area contributed by atoms with Crippen molar-refractivity contribution in [1.82, 2.24) is 26.6 Å². The van der Waals surface area contributed by atoms with Gasteiger partial charge in [0.2, 0.25) is 29.5 Å². The smallest absolute Gasteiger partial charge is 0.407 e. The number of benzene rings is 3. The van der Waals surface area contributed by atoms with Crippen LogP contribution in [-0.4, -0.2) is 121 Å². The molecule has 1 aliphatic carbocycles. The van der Waals surface area contributed by atoms with Crippen molar-refractivity contribution in [3.8, 4) is 11.1 Å². The molecule has 3 aromatic carbocycles. The first-order valence-corrected chi connectivity index (χ1v) is 22.2. The molecule has 362 valence electrons. The molecule has 0 saturated carbocycles. The minimum absolute atomic E-state index is 0.0674. The number of ether oxygens (including phenoxy) is 4. The van der Waals surface area contributed by atoms with E-state index in [1.165, 1.54) is 6.92 Å². The maximum Gasteiger partial charge on any atom is 0.407 e. The number of hydrogen-bond donors (Lipinski definition) is 8. The van der Waals surface area contributed by atoms with Crippen LogP contribution in [0.4, 0.5) is 4.79 Å². The molecule has 2 aliphatic rings. The van der Waals surface area contributed by atoms with Crippen LogP contribution in [-0.2, 0) is 54.3 Å². The van der Waals surface area contributed by atoms with E-state index in [1.807, 2.05) is 78.9 Å². The van der Waals surface area contributed by atoms with E-state index in [0.29, 0.717) is 0 Å². The lowest BCUT2D eigenvalue weighted by Crippen LogP contribution is -2.58. The van der Waals surface area contributed by atoms with Gasteiger partial charge in [-0.15, -0.1) is 0 Å². The molecule has 19 nitrogen and oxygen atoms in total. The topological polar surface area (TPSA) is 283 Å². The highest BCUT2D eigenvalue weighted by Crippen LogP contribution is 2.44. The van der Waals surface area contributed by atoms with Crippen molar-refractivity contribution in [2.75, 3.05) is 26.5 Å². The first-order valence-electron chi connectivity index (χ1n) is 22.2. The van der Waals surface area contributed by atoms with Gasteiger partial charge in [-0.2, -0.15) is 0 Å². The molecule has 0 spiro atoms. The van der Waals surface area contributed by atoms with E-state index in [-0.39, 0.29) is 58.3 Å². The molecular weight excluding hydrogens is 869 g/mol. The van der Waals surface area contributed by atoms with E-state index in [2.05, 4.69) is 26.6 Å². The molecule has 0 aromatic heterocycles. The fourth-order valence-corrected chi connectivity index (χ4v) is 7.71. The van der Waals surface area contributed by atoms with Crippen LogP contribution in [0, 0.1) is 11.3 Å². The Morgan fingerprint density at radius 2 is 1.36 bits per heavy atom. The number of hydrogen-bond acceptors (Lipinski definition) is 13. The van der Waals surface area contributed by atoms with Gasteiger partial charge in [-0.25, -0.2) is 4.79 Å². The van der Waals surface area contributed by atoms with Crippen molar-refractivity contribution in [2.24, 2.45) is 17.1 Å². The Hall–Kier alpha value is -6.41. The Morgan fingerprint density at radius 3 is 1.99 bits per heavy atom. The molecule has 9 N–H and O–H groups in total. The van der Waals surface area contributed by atoms with Crippen molar-refractivity contribution in [2.45, 2.75) is 109 Å². The molecule has 0 unspecified atom stereocenters. The van der Waals surface area contributed by atoms with Crippen LogP contribution in [0.5, 0.6) is 0 Å². The van der Waals surface area contributed by atoms with E-state index in [1.54, 1.807) is 27.7 Å². The second-order valence-corrected chi connectivity index (χ2v) is 17.7. The van der Waals surface area contributed by atoms with Crippen LogP contribution >= 0.6 is 0 Å². The molecule has 3 aromatic rings. The largest absolute Gasteiger partial charge is 0.460 e. The Balaban J connectivity index is 1.16. The monoisotopic (exact) mass is 930 g/mol. The summed E-state index contributed by atoms with van der Waals surface area (Å²) in [5.41, 5.74) is 8.97. The third kappa shape index (κ3) is 14.3. The fourth-order valence-electron chi connectivity index (χ4n) is 7.71. The van der Waals surface area contributed by atoms with Crippen molar-refractivity contribution in [1.29, 1.82) is 0 Å². The van der Waals surface area contributed by atoms with Crippen LogP contribution in [0.15, 0.2) is 78.9 Å². The summed E-state index contributed by atoms with van der Waals surface area (Å²) in [4.78, 5) is 91.1.